The first-order valence-corrected chi connectivity index (χ1v) is 7.66. The molecule has 1 rings (SSSR count). The number of non-ortho nitro benzene ring substituents is 1. The lowest BCUT2D eigenvalue weighted by molar-refractivity contribution is -0.384. The van der Waals surface area contributed by atoms with E-state index >= 15 is 0 Å². The minimum Gasteiger partial charge on any atom is -0.481 e. The van der Waals surface area contributed by atoms with Gasteiger partial charge in [0.25, 0.3) is 11.6 Å². The molecule has 0 radical (unpaired) electrons. The average molecular weight is 322 g/mol. The normalized spacial score (nSPS) is 10.3. The Morgan fingerprint density at radius 2 is 1.78 bits per heavy atom. The molecule has 1 aromatic carbocycles. The van der Waals surface area contributed by atoms with Crippen LogP contribution in [0.3, 0.4) is 0 Å². The molecule has 0 aliphatic heterocycles. The van der Waals surface area contributed by atoms with E-state index < -0.39 is 10.9 Å². The molecule has 0 aromatic heterocycles. The zero-order chi connectivity index (χ0) is 17.2. The van der Waals surface area contributed by atoms with Crippen LogP contribution < -0.4 is 5.32 Å². The van der Waals surface area contributed by atoms with Crippen LogP contribution >= 0.6 is 0 Å². The van der Waals surface area contributed by atoms with Gasteiger partial charge in [-0.05, 0) is 31.4 Å². The smallest absolute Gasteiger partial charge is 0.303 e. The molecule has 0 aliphatic rings. The summed E-state index contributed by atoms with van der Waals surface area (Å²) in [5.41, 5.74) is 0.870. The number of carboxylic acids is 1. The maximum Gasteiger partial charge on any atom is 0.303 e. The molecule has 7 nitrogen and oxygen atoms in total. The van der Waals surface area contributed by atoms with Gasteiger partial charge in [0, 0.05) is 30.7 Å². The quantitative estimate of drug-likeness (QED) is 0.391. The van der Waals surface area contributed by atoms with E-state index in [0.717, 1.165) is 25.7 Å². The second kappa shape index (κ2) is 9.55. The number of carbonyl (C=O) groups excluding carboxylic acids is 1. The number of carbonyl (C=O) groups is 2. The molecular weight excluding hydrogens is 300 g/mol. The van der Waals surface area contributed by atoms with Crippen molar-refractivity contribution in [2.75, 3.05) is 6.54 Å². The number of hydrogen-bond donors (Lipinski definition) is 2. The van der Waals surface area contributed by atoms with Gasteiger partial charge in [0.05, 0.1) is 4.92 Å². The summed E-state index contributed by atoms with van der Waals surface area (Å²) in [7, 11) is 0. The van der Waals surface area contributed by atoms with Gasteiger partial charge in [0.15, 0.2) is 0 Å². The van der Waals surface area contributed by atoms with Gasteiger partial charge in [0.1, 0.15) is 0 Å². The summed E-state index contributed by atoms with van der Waals surface area (Å²) in [4.78, 5) is 32.6. The number of unbranched alkanes of at least 4 members (excludes halogenated alkanes) is 4. The minimum atomic E-state index is -0.774. The summed E-state index contributed by atoms with van der Waals surface area (Å²) in [5.74, 6) is -1.09. The molecule has 23 heavy (non-hydrogen) atoms. The van der Waals surface area contributed by atoms with Crippen molar-refractivity contribution in [1.82, 2.24) is 5.32 Å². The Hall–Kier alpha value is -2.44. The predicted molar refractivity (Wildman–Crippen MR) is 85.5 cm³/mol. The van der Waals surface area contributed by atoms with E-state index in [9.17, 15) is 19.7 Å². The molecule has 1 aromatic rings. The molecule has 0 atom stereocenters. The zero-order valence-corrected chi connectivity index (χ0v) is 13.2. The SMILES string of the molecule is Cc1cc(C(=O)NCCCCCCCC(=O)O)cc([N+](=O)[O-])c1. The van der Waals surface area contributed by atoms with E-state index in [2.05, 4.69) is 5.32 Å². The van der Waals surface area contributed by atoms with Crippen molar-refractivity contribution in [1.29, 1.82) is 0 Å². The third-order valence-corrected chi connectivity index (χ3v) is 3.39. The maximum atomic E-state index is 12.0. The fourth-order valence-electron chi connectivity index (χ4n) is 2.23. The fourth-order valence-corrected chi connectivity index (χ4v) is 2.23. The second-order valence-electron chi connectivity index (χ2n) is 5.48. The number of aryl methyl sites for hydroxylation is 1. The number of nitrogens with zero attached hydrogens (tertiary/aromatic N) is 1. The van der Waals surface area contributed by atoms with E-state index in [1.807, 2.05) is 0 Å². The van der Waals surface area contributed by atoms with Crippen LogP contribution in [0.2, 0.25) is 0 Å². The van der Waals surface area contributed by atoms with E-state index in [1.54, 1.807) is 13.0 Å². The van der Waals surface area contributed by atoms with Gasteiger partial charge in [-0.15, -0.1) is 0 Å². The molecule has 2 N–H and O–H groups in total. The van der Waals surface area contributed by atoms with Crippen molar-refractivity contribution in [2.45, 2.75) is 45.4 Å². The van der Waals surface area contributed by atoms with Crippen LogP contribution in [0.15, 0.2) is 18.2 Å². The molecule has 0 saturated carbocycles. The van der Waals surface area contributed by atoms with Crippen molar-refractivity contribution < 1.29 is 19.6 Å². The number of nitrogens with one attached hydrogen (secondary N) is 1. The summed E-state index contributed by atoms with van der Waals surface area (Å²) >= 11 is 0. The minimum absolute atomic E-state index is 0.0893. The monoisotopic (exact) mass is 322 g/mol. The number of aliphatic carboxylic acids is 1. The molecule has 1 amide bonds. The molecular formula is C16H22N2O5. The lowest BCUT2D eigenvalue weighted by atomic mass is 10.1. The molecule has 0 spiro atoms. The Labute approximate surface area is 134 Å². The van der Waals surface area contributed by atoms with Crippen LogP contribution in [-0.2, 0) is 4.79 Å². The van der Waals surface area contributed by atoms with Crippen molar-refractivity contribution >= 4 is 17.6 Å². The summed E-state index contributed by atoms with van der Waals surface area (Å²) in [6.07, 6.45) is 4.38. The summed E-state index contributed by atoms with van der Waals surface area (Å²) in [6, 6.07) is 4.32. The highest BCUT2D eigenvalue weighted by atomic mass is 16.6. The topological polar surface area (TPSA) is 110 Å². The van der Waals surface area contributed by atoms with Crippen molar-refractivity contribution in [3.63, 3.8) is 0 Å². The fraction of sp³-hybridized carbons (Fsp3) is 0.500. The number of nitro groups is 1. The van der Waals surface area contributed by atoms with E-state index in [0.29, 0.717) is 18.5 Å². The van der Waals surface area contributed by atoms with Crippen LogP contribution in [-0.4, -0.2) is 28.5 Å². The number of carboxylic acid groups (broad SMARTS) is 1. The molecule has 0 heterocycles. The van der Waals surface area contributed by atoms with Gasteiger partial charge in [0.2, 0.25) is 0 Å². The third-order valence-electron chi connectivity index (χ3n) is 3.39. The number of hydrogen-bond acceptors (Lipinski definition) is 4. The van der Waals surface area contributed by atoms with E-state index in [4.69, 9.17) is 5.11 Å². The Morgan fingerprint density at radius 1 is 1.13 bits per heavy atom. The van der Waals surface area contributed by atoms with Gasteiger partial charge >= 0.3 is 5.97 Å². The largest absolute Gasteiger partial charge is 0.481 e. The lowest BCUT2D eigenvalue weighted by Crippen LogP contribution is -2.24. The highest BCUT2D eigenvalue weighted by Gasteiger charge is 2.12. The molecule has 0 aliphatic carbocycles. The van der Waals surface area contributed by atoms with Gasteiger partial charge < -0.3 is 10.4 Å². The van der Waals surface area contributed by atoms with Crippen LogP contribution in [0.25, 0.3) is 0 Å². The molecule has 0 unspecified atom stereocenters. The van der Waals surface area contributed by atoms with Gasteiger partial charge in [-0.2, -0.15) is 0 Å². The van der Waals surface area contributed by atoms with E-state index in [1.165, 1.54) is 12.1 Å². The summed E-state index contributed by atoms with van der Waals surface area (Å²) in [6.45, 7) is 2.21. The zero-order valence-electron chi connectivity index (χ0n) is 13.2. The van der Waals surface area contributed by atoms with E-state index in [-0.39, 0.29) is 23.6 Å². The van der Waals surface area contributed by atoms with Gasteiger partial charge in [-0.1, -0.05) is 19.3 Å². The third kappa shape index (κ3) is 7.39. The van der Waals surface area contributed by atoms with Crippen LogP contribution in [0, 0.1) is 17.0 Å². The summed E-state index contributed by atoms with van der Waals surface area (Å²) < 4.78 is 0. The molecule has 0 saturated heterocycles. The van der Waals surface area contributed by atoms with Gasteiger partial charge in [-0.25, -0.2) is 0 Å². The first-order chi connectivity index (χ1) is 10.9. The number of benzene rings is 1. The first kappa shape index (κ1) is 18.6. The number of rotatable bonds is 10. The summed E-state index contributed by atoms with van der Waals surface area (Å²) in [5, 5.41) is 22.0. The molecule has 7 heteroatoms. The predicted octanol–water partition coefficient (Wildman–Crippen LogP) is 3.06. The first-order valence-electron chi connectivity index (χ1n) is 7.66. The number of amides is 1. The van der Waals surface area contributed by atoms with Gasteiger partial charge in [-0.3, -0.25) is 19.7 Å². The van der Waals surface area contributed by atoms with Crippen molar-refractivity contribution in [2.24, 2.45) is 0 Å². The highest BCUT2D eigenvalue weighted by Crippen LogP contribution is 2.16. The van der Waals surface area contributed by atoms with Crippen molar-refractivity contribution in [3.8, 4) is 0 Å². The van der Waals surface area contributed by atoms with Crippen LogP contribution in [0.5, 0.6) is 0 Å². The average Bonchev–Trinajstić information content (AvgIpc) is 2.48. The van der Waals surface area contributed by atoms with Crippen LogP contribution in [0.1, 0.15) is 54.4 Å². The number of nitro benzene ring substituents is 1. The Kier molecular flexibility index (Phi) is 7.73. The Balaban J connectivity index is 2.29. The van der Waals surface area contributed by atoms with Crippen molar-refractivity contribution in [3.05, 3.63) is 39.4 Å². The Morgan fingerprint density at radius 3 is 2.43 bits per heavy atom. The molecule has 0 fully saturated rings. The van der Waals surface area contributed by atoms with Crippen LogP contribution in [0.4, 0.5) is 5.69 Å². The highest BCUT2D eigenvalue weighted by molar-refractivity contribution is 5.95. The lowest BCUT2D eigenvalue weighted by Gasteiger charge is -2.06. The standard InChI is InChI=1S/C16H22N2O5/c1-12-9-13(11-14(10-12)18(22)23)16(21)17-8-6-4-2-3-5-7-15(19)20/h9-11H,2-8H2,1H3,(H,17,21)(H,19,20). The molecule has 126 valence electrons. The maximum absolute atomic E-state index is 12.0. The second-order valence-corrected chi connectivity index (χ2v) is 5.48. The molecule has 0 bridgehead atoms. The Bertz CT molecular complexity index is 572.